The molecule has 1 fully saturated rings. The van der Waals surface area contributed by atoms with Gasteiger partial charge in [-0.1, -0.05) is 69.3 Å². The van der Waals surface area contributed by atoms with Crippen molar-refractivity contribution in [1.82, 2.24) is 4.90 Å². The highest BCUT2D eigenvalue weighted by atomic mass is 16.2. The van der Waals surface area contributed by atoms with Gasteiger partial charge in [-0.3, -0.25) is 0 Å². The van der Waals surface area contributed by atoms with Gasteiger partial charge in [0.25, 0.3) is 0 Å². The standard InChI is InChI=1S/C23H30N2O/c1-23(2,3)20-11-7-8-12-21(20)24-22(26)25-15-13-19(14-16-25)17-18-9-5-4-6-10-18/h4-12,19H,13-17H2,1-3H3,(H,24,26). The molecule has 2 amide bonds. The first-order chi connectivity index (χ1) is 12.4. The number of carbonyl (C=O) groups is 1. The number of hydrogen-bond acceptors (Lipinski definition) is 1. The van der Waals surface area contributed by atoms with Gasteiger partial charge in [0.1, 0.15) is 0 Å². The zero-order valence-corrected chi connectivity index (χ0v) is 16.2. The summed E-state index contributed by atoms with van der Waals surface area (Å²) < 4.78 is 0. The van der Waals surface area contributed by atoms with Crippen molar-refractivity contribution < 1.29 is 4.79 Å². The van der Waals surface area contributed by atoms with E-state index in [4.69, 9.17) is 0 Å². The number of anilines is 1. The maximum atomic E-state index is 12.7. The van der Waals surface area contributed by atoms with E-state index in [-0.39, 0.29) is 11.4 Å². The van der Waals surface area contributed by atoms with Crippen LogP contribution in [0.1, 0.15) is 44.7 Å². The first-order valence-corrected chi connectivity index (χ1v) is 9.63. The molecule has 1 heterocycles. The van der Waals surface area contributed by atoms with E-state index in [1.165, 1.54) is 11.1 Å². The van der Waals surface area contributed by atoms with Gasteiger partial charge in [-0.25, -0.2) is 4.79 Å². The minimum atomic E-state index is 0.00650. The summed E-state index contributed by atoms with van der Waals surface area (Å²) >= 11 is 0. The molecule has 2 aromatic carbocycles. The van der Waals surface area contributed by atoms with Crippen LogP contribution in [0.5, 0.6) is 0 Å². The maximum Gasteiger partial charge on any atom is 0.321 e. The molecule has 0 radical (unpaired) electrons. The second-order valence-electron chi connectivity index (χ2n) is 8.35. The number of benzene rings is 2. The summed E-state index contributed by atoms with van der Waals surface area (Å²) in [6.45, 7) is 8.19. The molecule has 0 aromatic heterocycles. The van der Waals surface area contributed by atoms with Gasteiger partial charge in [0.05, 0.1) is 0 Å². The molecule has 138 valence electrons. The van der Waals surface area contributed by atoms with E-state index in [1.807, 2.05) is 23.1 Å². The van der Waals surface area contributed by atoms with E-state index in [0.29, 0.717) is 5.92 Å². The molecular weight excluding hydrogens is 320 g/mol. The average molecular weight is 351 g/mol. The number of rotatable bonds is 3. The number of nitrogens with one attached hydrogen (secondary N) is 1. The molecule has 1 saturated heterocycles. The second-order valence-corrected chi connectivity index (χ2v) is 8.35. The fourth-order valence-corrected chi connectivity index (χ4v) is 3.73. The van der Waals surface area contributed by atoms with E-state index in [2.05, 4.69) is 62.5 Å². The van der Waals surface area contributed by atoms with Crippen molar-refractivity contribution in [3.05, 3.63) is 65.7 Å². The Labute approximate surface area is 157 Å². The Hall–Kier alpha value is -2.29. The molecule has 0 bridgehead atoms. The highest BCUT2D eigenvalue weighted by molar-refractivity contribution is 5.90. The van der Waals surface area contributed by atoms with Crippen LogP contribution in [0.4, 0.5) is 10.5 Å². The van der Waals surface area contributed by atoms with Crippen LogP contribution in [0.3, 0.4) is 0 Å². The van der Waals surface area contributed by atoms with Crippen LogP contribution >= 0.6 is 0 Å². The molecule has 0 saturated carbocycles. The lowest BCUT2D eigenvalue weighted by atomic mass is 9.86. The van der Waals surface area contributed by atoms with Crippen LogP contribution in [0.2, 0.25) is 0 Å². The van der Waals surface area contributed by atoms with Crippen LogP contribution in [0, 0.1) is 5.92 Å². The third kappa shape index (κ3) is 4.66. The molecule has 3 heteroatoms. The smallest absolute Gasteiger partial charge is 0.321 e. The van der Waals surface area contributed by atoms with Gasteiger partial charge in [0, 0.05) is 18.8 Å². The van der Waals surface area contributed by atoms with Gasteiger partial charge in [-0.05, 0) is 47.8 Å². The first-order valence-electron chi connectivity index (χ1n) is 9.63. The predicted molar refractivity (Wildman–Crippen MR) is 109 cm³/mol. The minimum Gasteiger partial charge on any atom is -0.325 e. The normalized spacial score (nSPS) is 15.7. The Kier molecular flexibility index (Phi) is 5.65. The summed E-state index contributed by atoms with van der Waals surface area (Å²) in [7, 11) is 0. The third-order valence-corrected chi connectivity index (χ3v) is 5.25. The van der Waals surface area contributed by atoms with Crippen LogP contribution in [0.25, 0.3) is 0 Å². The lowest BCUT2D eigenvalue weighted by Gasteiger charge is -2.33. The van der Waals surface area contributed by atoms with E-state index in [1.54, 1.807) is 0 Å². The summed E-state index contributed by atoms with van der Waals surface area (Å²) in [5, 5.41) is 3.14. The van der Waals surface area contributed by atoms with E-state index in [9.17, 15) is 4.79 Å². The zero-order valence-electron chi connectivity index (χ0n) is 16.2. The van der Waals surface area contributed by atoms with Crippen molar-refractivity contribution in [3.63, 3.8) is 0 Å². The van der Waals surface area contributed by atoms with E-state index < -0.39 is 0 Å². The number of piperidine rings is 1. The van der Waals surface area contributed by atoms with E-state index in [0.717, 1.165) is 38.0 Å². The summed E-state index contributed by atoms with van der Waals surface area (Å²) in [6.07, 6.45) is 3.26. The number of likely N-dealkylation sites (tertiary alicyclic amines) is 1. The lowest BCUT2D eigenvalue weighted by Crippen LogP contribution is -2.41. The molecule has 1 aliphatic heterocycles. The molecule has 3 rings (SSSR count). The molecule has 0 aliphatic carbocycles. The Morgan fingerprint density at radius 1 is 1.00 bits per heavy atom. The molecule has 1 aliphatic rings. The largest absolute Gasteiger partial charge is 0.325 e. The molecule has 1 N–H and O–H groups in total. The average Bonchev–Trinajstić information content (AvgIpc) is 2.63. The summed E-state index contributed by atoms with van der Waals surface area (Å²) in [6, 6.07) is 18.8. The van der Waals surface area contributed by atoms with Crippen LogP contribution in [-0.2, 0) is 11.8 Å². The van der Waals surface area contributed by atoms with Gasteiger partial charge in [0.15, 0.2) is 0 Å². The quantitative estimate of drug-likeness (QED) is 0.782. The number of amides is 2. The van der Waals surface area contributed by atoms with Crippen molar-refractivity contribution in [2.24, 2.45) is 5.92 Å². The fraction of sp³-hybridized carbons (Fsp3) is 0.435. The molecular formula is C23H30N2O. The van der Waals surface area contributed by atoms with Gasteiger partial charge in [-0.15, -0.1) is 0 Å². The Bertz CT molecular complexity index is 725. The SMILES string of the molecule is CC(C)(C)c1ccccc1NC(=O)N1CCC(Cc2ccccc2)CC1. The van der Waals surface area contributed by atoms with Gasteiger partial charge < -0.3 is 10.2 Å². The first kappa shape index (κ1) is 18.5. The highest BCUT2D eigenvalue weighted by Gasteiger charge is 2.24. The number of hydrogen-bond donors (Lipinski definition) is 1. The summed E-state index contributed by atoms with van der Waals surface area (Å²) in [4.78, 5) is 14.7. The molecule has 26 heavy (non-hydrogen) atoms. The predicted octanol–water partition coefficient (Wildman–Crippen LogP) is 5.47. The molecule has 0 atom stereocenters. The second kappa shape index (κ2) is 7.94. The summed E-state index contributed by atoms with van der Waals surface area (Å²) in [5.41, 5.74) is 3.50. The number of carbonyl (C=O) groups excluding carboxylic acids is 1. The van der Waals surface area contributed by atoms with Gasteiger partial charge in [0.2, 0.25) is 0 Å². The maximum absolute atomic E-state index is 12.7. The molecule has 3 nitrogen and oxygen atoms in total. The zero-order chi connectivity index (χ0) is 18.6. The molecule has 2 aromatic rings. The Morgan fingerprint density at radius 3 is 2.27 bits per heavy atom. The van der Waals surface area contributed by atoms with Crippen LogP contribution in [-0.4, -0.2) is 24.0 Å². The number of urea groups is 1. The van der Waals surface area contributed by atoms with Gasteiger partial charge >= 0.3 is 6.03 Å². The number of nitrogens with zero attached hydrogens (tertiary/aromatic N) is 1. The third-order valence-electron chi connectivity index (χ3n) is 5.25. The molecule has 0 spiro atoms. The van der Waals surface area contributed by atoms with Crippen molar-refractivity contribution in [1.29, 1.82) is 0 Å². The number of para-hydroxylation sites is 1. The topological polar surface area (TPSA) is 32.3 Å². The monoisotopic (exact) mass is 350 g/mol. The highest BCUT2D eigenvalue weighted by Crippen LogP contribution is 2.30. The van der Waals surface area contributed by atoms with Gasteiger partial charge in [-0.2, -0.15) is 0 Å². The van der Waals surface area contributed by atoms with Crippen molar-refractivity contribution in [2.75, 3.05) is 18.4 Å². The lowest BCUT2D eigenvalue weighted by molar-refractivity contribution is 0.182. The van der Waals surface area contributed by atoms with E-state index >= 15 is 0 Å². The van der Waals surface area contributed by atoms with Crippen molar-refractivity contribution in [2.45, 2.75) is 45.4 Å². The minimum absolute atomic E-state index is 0.00650. The van der Waals surface area contributed by atoms with Crippen molar-refractivity contribution in [3.8, 4) is 0 Å². The Balaban J connectivity index is 1.56. The van der Waals surface area contributed by atoms with Crippen LogP contribution < -0.4 is 5.32 Å². The van der Waals surface area contributed by atoms with Crippen LogP contribution in [0.15, 0.2) is 54.6 Å². The fourth-order valence-electron chi connectivity index (χ4n) is 3.73. The molecule has 0 unspecified atom stereocenters. The van der Waals surface area contributed by atoms with Crippen molar-refractivity contribution >= 4 is 11.7 Å². The Morgan fingerprint density at radius 2 is 1.62 bits per heavy atom. The summed E-state index contributed by atoms with van der Waals surface area (Å²) in [5.74, 6) is 0.670.